The van der Waals surface area contributed by atoms with Crippen molar-refractivity contribution < 1.29 is 6.17 Å². The van der Waals surface area contributed by atoms with Crippen LogP contribution in [-0.4, -0.2) is 6.26 Å². The lowest BCUT2D eigenvalue weighted by molar-refractivity contribution is -0.112. The van der Waals surface area contributed by atoms with Crippen LogP contribution in [0.1, 0.15) is 15.2 Å². The van der Waals surface area contributed by atoms with Crippen LogP contribution in [0.5, 0.6) is 0 Å². The van der Waals surface area contributed by atoms with Gasteiger partial charge in [-0.3, -0.25) is 0 Å². The topological polar surface area (TPSA) is 17.1 Å². The standard InChI is InChI=1S/C6H10O/c1-4-6(2,3)5-7/h4-5H,1H2,2-3H3/i5D. The molecule has 1 heteroatoms. The normalized spacial score (nSPS) is 12.6. The summed E-state index contributed by atoms with van der Waals surface area (Å²) < 4.78 is 6.67. The van der Waals surface area contributed by atoms with Gasteiger partial charge in [0.1, 0.15) is 7.63 Å². The van der Waals surface area contributed by atoms with Crippen LogP contribution in [-0.2, 0) is 4.79 Å². The van der Waals surface area contributed by atoms with E-state index in [0.717, 1.165) is 0 Å². The van der Waals surface area contributed by atoms with E-state index in [-0.39, 0.29) is 0 Å². The van der Waals surface area contributed by atoms with Gasteiger partial charge < -0.3 is 4.79 Å². The number of allylic oxidation sites excluding steroid dienone is 1. The Labute approximate surface area is 45.4 Å². The zero-order valence-corrected chi connectivity index (χ0v) is 4.69. The molecule has 40 valence electrons. The monoisotopic (exact) mass is 99.1 g/mol. The lowest BCUT2D eigenvalue weighted by Gasteiger charge is -2.06. The van der Waals surface area contributed by atoms with E-state index in [4.69, 9.17) is 1.37 Å². The van der Waals surface area contributed by atoms with Gasteiger partial charge in [-0.05, 0) is 13.8 Å². The van der Waals surface area contributed by atoms with Gasteiger partial charge in [0.05, 0.1) is 0 Å². The highest BCUT2D eigenvalue weighted by molar-refractivity contribution is 5.60. The molecule has 7 heavy (non-hydrogen) atoms. The van der Waals surface area contributed by atoms with Crippen molar-refractivity contribution in [3.63, 3.8) is 0 Å². The summed E-state index contributed by atoms with van der Waals surface area (Å²) in [6, 6.07) is 0. The molecule has 0 saturated heterocycles. The Hall–Kier alpha value is -0.590. The zero-order valence-electron chi connectivity index (χ0n) is 5.69. The van der Waals surface area contributed by atoms with Crippen LogP contribution >= 0.6 is 0 Å². The molecule has 0 saturated carbocycles. The van der Waals surface area contributed by atoms with E-state index < -0.39 is 11.7 Å². The summed E-state index contributed by atoms with van der Waals surface area (Å²) in [5.74, 6) is 0. The molecule has 0 spiro atoms. The minimum Gasteiger partial charge on any atom is -0.302 e. The second-order valence-corrected chi connectivity index (χ2v) is 2.03. The van der Waals surface area contributed by atoms with Crippen LogP contribution in [0.2, 0.25) is 0 Å². The fourth-order valence-corrected chi connectivity index (χ4v) is 0.0417. The lowest BCUT2D eigenvalue weighted by Crippen LogP contribution is -2.06. The van der Waals surface area contributed by atoms with Gasteiger partial charge in [-0.25, -0.2) is 0 Å². The predicted octanol–water partition coefficient (Wildman–Crippen LogP) is 1.40. The first-order valence-corrected chi connectivity index (χ1v) is 2.15. The van der Waals surface area contributed by atoms with Crippen LogP contribution in [0, 0.1) is 5.41 Å². The molecule has 0 bridgehead atoms. The molecule has 1 nitrogen and oxygen atoms in total. The first-order chi connectivity index (χ1) is 3.50. The summed E-state index contributed by atoms with van der Waals surface area (Å²) in [5, 5.41) is 0. The van der Waals surface area contributed by atoms with Crippen LogP contribution in [0.25, 0.3) is 0 Å². The summed E-state index contributed by atoms with van der Waals surface area (Å²) in [6.07, 6.45) is 0.884. The number of carbonyl (C=O) groups is 1. The van der Waals surface area contributed by atoms with E-state index in [1.165, 1.54) is 6.08 Å². The van der Waals surface area contributed by atoms with Gasteiger partial charge in [-0.15, -0.1) is 6.58 Å². The number of rotatable bonds is 2. The molecule has 0 aliphatic heterocycles. The number of hydrogen-bond acceptors (Lipinski definition) is 1. The summed E-state index contributed by atoms with van der Waals surface area (Å²) in [7, 11) is 0. The summed E-state index contributed by atoms with van der Waals surface area (Å²) >= 11 is 0. The first kappa shape index (κ1) is 4.57. The van der Waals surface area contributed by atoms with E-state index in [0.29, 0.717) is 0 Å². The van der Waals surface area contributed by atoms with Crippen molar-refractivity contribution in [2.24, 2.45) is 5.41 Å². The Morgan fingerprint density at radius 1 is 1.86 bits per heavy atom. The molecule has 0 unspecified atom stereocenters. The number of hydrogen-bond donors (Lipinski definition) is 0. The maximum absolute atomic E-state index is 10.3. The van der Waals surface area contributed by atoms with Crippen LogP contribution < -0.4 is 0 Å². The zero-order chi connectivity index (χ0) is 6.78. The number of carbonyl (C=O) groups excluding carboxylic acids is 1. The molecule has 0 N–H and O–H groups in total. The van der Waals surface area contributed by atoms with E-state index in [1.807, 2.05) is 0 Å². The molecule has 0 amide bonds. The average molecular weight is 99.2 g/mol. The minimum absolute atomic E-state index is 0.590. The highest BCUT2D eigenvalue weighted by atomic mass is 16.1. The molecule has 0 aliphatic rings. The largest absolute Gasteiger partial charge is 0.302 e. The second kappa shape index (κ2) is 1.92. The average Bonchev–Trinajstić information content (AvgIpc) is 1.67. The molecule has 0 aromatic heterocycles. The molecule has 0 radical (unpaired) electrons. The fourth-order valence-electron chi connectivity index (χ4n) is 0.0417. The van der Waals surface area contributed by atoms with E-state index in [9.17, 15) is 4.79 Å². The highest BCUT2D eigenvalue weighted by Crippen LogP contribution is 2.09. The Balaban J connectivity index is 4.12. The molecule has 0 rings (SSSR count). The maximum Gasteiger partial charge on any atom is 0.129 e. The highest BCUT2D eigenvalue weighted by Gasteiger charge is 2.08. The fraction of sp³-hybridized carbons (Fsp3) is 0.500. The van der Waals surface area contributed by atoms with Gasteiger partial charge in [0.2, 0.25) is 0 Å². The molecule has 0 aromatic rings. The summed E-state index contributed by atoms with van der Waals surface area (Å²) in [6.45, 7) is 6.74. The van der Waals surface area contributed by atoms with Gasteiger partial charge >= 0.3 is 0 Å². The molecule has 0 fully saturated rings. The van der Waals surface area contributed by atoms with Crippen molar-refractivity contribution >= 4 is 6.26 Å². The second-order valence-electron chi connectivity index (χ2n) is 2.03. The molecule has 0 aromatic carbocycles. The summed E-state index contributed by atoms with van der Waals surface area (Å²) in [5.41, 5.74) is -0.667. The van der Waals surface area contributed by atoms with Crippen LogP contribution in [0.3, 0.4) is 0 Å². The number of aldehydes is 1. The van der Waals surface area contributed by atoms with Crippen molar-refractivity contribution in [2.75, 3.05) is 0 Å². The third kappa shape index (κ3) is 2.15. The van der Waals surface area contributed by atoms with Crippen molar-refractivity contribution in [2.45, 2.75) is 13.8 Å². The van der Waals surface area contributed by atoms with Crippen molar-refractivity contribution in [3.8, 4) is 0 Å². The molecule has 0 atom stereocenters. The minimum atomic E-state index is -0.667. The Bertz CT molecular complexity index is 116. The van der Waals surface area contributed by atoms with Crippen molar-refractivity contribution in [3.05, 3.63) is 12.7 Å². The third-order valence-electron chi connectivity index (χ3n) is 0.773. The van der Waals surface area contributed by atoms with Crippen molar-refractivity contribution in [1.82, 2.24) is 0 Å². The van der Waals surface area contributed by atoms with Crippen LogP contribution in [0.15, 0.2) is 12.7 Å². The summed E-state index contributed by atoms with van der Waals surface area (Å²) in [4.78, 5) is 10.3. The molecular formula is C6H10O. The van der Waals surface area contributed by atoms with E-state index in [2.05, 4.69) is 6.58 Å². The first-order valence-electron chi connectivity index (χ1n) is 2.65. The molecular weight excluding hydrogens is 88.1 g/mol. The van der Waals surface area contributed by atoms with Crippen LogP contribution in [0.4, 0.5) is 0 Å². The quantitative estimate of drug-likeness (QED) is 0.377. The lowest BCUT2D eigenvalue weighted by atomic mass is 9.97. The Kier molecular flexibility index (Phi) is 1.25. The molecule has 0 aliphatic carbocycles. The van der Waals surface area contributed by atoms with E-state index in [1.54, 1.807) is 13.8 Å². The van der Waals surface area contributed by atoms with Gasteiger partial charge in [0, 0.05) is 5.41 Å². The maximum atomic E-state index is 10.3. The van der Waals surface area contributed by atoms with Gasteiger partial charge in [-0.1, -0.05) is 6.08 Å². The SMILES string of the molecule is [2H]C(=O)C(C)(C)C=C. The third-order valence-corrected chi connectivity index (χ3v) is 0.773. The van der Waals surface area contributed by atoms with Gasteiger partial charge in [0.15, 0.2) is 0 Å². The predicted molar refractivity (Wildman–Crippen MR) is 30.0 cm³/mol. The Morgan fingerprint density at radius 2 is 2.29 bits per heavy atom. The molecule has 0 heterocycles. The van der Waals surface area contributed by atoms with E-state index >= 15 is 0 Å². The van der Waals surface area contributed by atoms with Crippen molar-refractivity contribution in [1.29, 1.82) is 0 Å². The Morgan fingerprint density at radius 3 is 2.29 bits per heavy atom. The van der Waals surface area contributed by atoms with Gasteiger partial charge in [-0.2, -0.15) is 0 Å². The smallest absolute Gasteiger partial charge is 0.129 e. The van der Waals surface area contributed by atoms with Gasteiger partial charge in [0.25, 0.3) is 0 Å².